The number of hydrogen-bond donors (Lipinski definition) is 0. The van der Waals surface area contributed by atoms with Crippen molar-refractivity contribution in [3.63, 3.8) is 0 Å². The zero-order chi connectivity index (χ0) is 9.19. The van der Waals surface area contributed by atoms with E-state index in [0.717, 1.165) is 25.7 Å². The maximum atomic E-state index is 10.7. The highest BCUT2D eigenvalue weighted by atomic mass is 35.7. The lowest BCUT2D eigenvalue weighted by atomic mass is 10.1. The highest BCUT2D eigenvalue weighted by Crippen LogP contribution is 2.31. The van der Waals surface area contributed by atoms with Gasteiger partial charge < -0.3 is 0 Å². The Labute approximate surface area is 82.7 Å². The van der Waals surface area contributed by atoms with Crippen molar-refractivity contribution in [2.45, 2.75) is 31.1 Å². The first kappa shape index (κ1) is 10.6. The van der Waals surface area contributed by atoms with Crippen LogP contribution in [0.25, 0.3) is 0 Å². The molecule has 0 aliphatic heterocycles. The maximum Gasteiger partial charge on any atom is 0.234 e. The van der Waals surface area contributed by atoms with Gasteiger partial charge in [0.1, 0.15) is 0 Å². The van der Waals surface area contributed by atoms with Crippen LogP contribution >= 0.6 is 22.3 Å². The topological polar surface area (TPSA) is 34.1 Å². The van der Waals surface area contributed by atoms with E-state index < -0.39 is 9.05 Å². The van der Waals surface area contributed by atoms with Crippen molar-refractivity contribution < 1.29 is 8.42 Å². The van der Waals surface area contributed by atoms with E-state index in [1.54, 1.807) is 0 Å². The van der Waals surface area contributed by atoms with E-state index in [-0.39, 0.29) is 11.1 Å². The molecule has 0 aromatic heterocycles. The second kappa shape index (κ2) is 4.16. The first-order valence-electron chi connectivity index (χ1n) is 4.05. The van der Waals surface area contributed by atoms with Crippen LogP contribution in [0, 0.1) is 5.92 Å². The van der Waals surface area contributed by atoms with Crippen LogP contribution in [-0.2, 0) is 9.05 Å². The molecule has 2 nitrogen and oxygen atoms in total. The second-order valence-electron chi connectivity index (χ2n) is 3.27. The Hall–Kier alpha value is 0.530. The maximum absolute atomic E-state index is 10.7. The van der Waals surface area contributed by atoms with Gasteiger partial charge in [-0.15, -0.1) is 11.6 Å². The molecular weight excluding hydrogens is 219 g/mol. The molecule has 0 bridgehead atoms. The van der Waals surface area contributed by atoms with Gasteiger partial charge in [-0.2, -0.15) is 0 Å². The van der Waals surface area contributed by atoms with E-state index in [0.29, 0.717) is 5.92 Å². The van der Waals surface area contributed by atoms with Gasteiger partial charge in [-0.05, 0) is 18.8 Å². The third-order valence-electron chi connectivity index (χ3n) is 2.27. The predicted octanol–water partition coefficient (Wildman–Crippen LogP) is 2.35. The molecular formula is C7H12Cl2O2S. The van der Waals surface area contributed by atoms with Gasteiger partial charge in [-0.25, -0.2) is 8.42 Å². The summed E-state index contributed by atoms with van der Waals surface area (Å²) in [5, 5.41) is -0.296. The van der Waals surface area contributed by atoms with Crippen molar-refractivity contribution in [2.24, 2.45) is 5.92 Å². The Bertz CT molecular complexity index is 232. The molecule has 0 spiro atoms. The van der Waals surface area contributed by atoms with Gasteiger partial charge in [0.25, 0.3) is 0 Å². The van der Waals surface area contributed by atoms with Crippen LogP contribution in [0.5, 0.6) is 0 Å². The Morgan fingerprint density at radius 3 is 2.25 bits per heavy atom. The molecule has 0 N–H and O–H groups in total. The van der Waals surface area contributed by atoms with Gasteiger partial charge in [-0.1, -0.05) is 12.8 Å². The smallest absolute Gasteiger partial charge is 0.212 e. The third kappa shape index (κ3) is 3.50. The second-order valence-corrected chi connectivity index (χ2v) is 6.65. The standard InChI is InChI=1S/C7H12Cl2O2S/c8-7(5-12(9,10)11)6-3-1-2-4-6/h6-7H,1-5H2. The van der Waals surface area contributed by atoms with E-state index >= 15 is 0 Å². The minimum absolute atomic E-state index is 0.0965. The minimum Gasteiger partial charge on any atom is -0.212 e. The molecule has 0 radical (unpaired) electrons. The number of alkyl halides is 1. The molecule has 1 fully saturated rings. The van der Waals surface area contributed by atoms with E-state index in [1.165, 1.54) is 0 Å². The molecule has 0 aromatic rings. The zero-order valence-corrected chi connectivity index (χ0v) is 9.00. The van der Waals surface area contributed by atoms with Crippen molar-refractivity contribution in [1.29, 1.82) is 0 Å². The quantitative estimate of drug-likeness (QED) is 0.552. The van der Waals surface area contributed by atoms with Gasteiger partial charge in [0.2, 0.25) is 9.05 Å². The van der Waals surface area contributed by atoms with Crippen molar-refractivity contribution in [3.05, 3.63) is 0 Å². The third-order valence-corrected chi connectivity index (χ3v) is 4.10. The monoisotopic (exact) mass is 230 g/mol. The molecule has 0 saturated heterocycles. The molecule has 1 aliphatic carbocycles. The first-order valence-corrected chi connectivity index (χ1v) is 6.97. The summed E-state index contributed by atoms with van der Waals surface area (Å²) < 4.78 is 21.4. The molecule has 72 valence electrons. The van der Waals surface area contributed by atoms with Crippen molar-refractivity contribution >= 4 is 31.3 Å². The van der Waals surface area contributed by atoms with Gasteiger partial charge in [0.15, 0.2) is 0 Å². The summed E-state index contributed by atoms with van der Waals surface area (Å²) in [5.41, 5.74) is 0. The largest absolute Gasteiger partial charge is 0.234 e. The summed E-state index contributed by atoms with van der Waals surface area (Å²) in [4.78, 5) is 0. The summed E-state index contributed by atoms with van der Waals surface area (Å²) in [7, 11) is 1.67. The Morgan fingerprint density at radius 2 is 1.83 bits per heavy atom. The van der Waals surface area contributed by atoms with Crippen LogP contribution in [0.15, 0.2) is 0 Å². The summed E-state index contributed by atoms with van der Waals surface area (Å²) in [6, 6.07) is 0. The van der Waals surface area contributed by atoms with E-state index in [4.69, 9.17) is 22.3 Å². The van der Waals surface area contributed by atoms with Crippen LogP contribution in [0.1, 0.15) is 25.7 Å². The van der Waals surface area contributed by atoms with Gasteiger partial charge in [-0.3, -0.25) is 0 Å². The number of hydrogen-bond acceptors (Lipinski definition) is 2. The van der Waals surface area contributed by atoms with Crippen LogP contribution in [-0.4, -0.2) is 19.5 Å². The Balaban J connectivity index is 2.42. The fourth-order valence-corrected chi connectivity index (χ4v) is 3.65. The van der Waals surface area contributed by atoms with Crippen LogP contribution < -0.4 is 0 Å². The van der Waals surface area contributed by atoms with Gasteiger partial charge in [0, 0.05) is 10.7 Å². The van der Waals surface area contributed by atoms with Crippen LogP contribution in [0.3, 0.4) is 0 Å². The van der Waals surface area contributed by atoms with E-state index in [2.05, 4.69) is 0 Å². The molecule has 1 unspecified atom stereocenters. The number of rotatable bonds is 3. The first-order chi connectivity index (χ1) is 5.49. The molecule has 0 aromatic carbocycles. The molecule has 1 rings (SSSR count). The van der Waals surface area contributed by atoms with Gasteiger partial charge in [0.05, 0.1) is 11.1 Å². The van der Waals surface area contributed by atoms with Gasteiger partial charge >= 0.3 is 0 Å². The van der Waals surface area contributed by atoms with Crippen molar-refractivity contribution in [2.75, 3.05) is 5.75 Å². The lowest BCUT2D eigenvalue weighted by Gasteiger charge is -2.13. The molecule has 1 atom stereocenters. The zero-order valence-electron chi connectivity index (χ0n) is 6.67. The van der Waals surface area contributed by atoms with E-state index in [1.807, 2.05) is 0 Å². The van der Waals surface area contributed by atoms with Crippen molar-refractivity contribution in [3.8, 4) is 0 Å². The Kier molecular flexibility index (Phi) is 3.68. The summed E-state index contributed by atoms with van der Waals surface area (Å²) in [5.74, 6) is 0.251. The van der Waals surface area contributed by atoms with Crippen LogP contribution in [0.2, 0.25) is 0 Å². The minimum atomic E-state index is -3.42. The highest BCUT2D eigenvalue weighted by molar-refractivity contribution is 8.13. The molecule has 1 saturated carbocycles. The fraction of sp³-hybridized carbons (Fsp3) is 1.00. The molecule has 0 amide bonds. The molecule has 0 heterocycles. The van der Waals surface area contributed by atoms with Crippen molar-refractivity contribution in [1.82, 2.24) is 0 Å². The fourth-order valence-electron chi connectivity index (χ4n) is 1.65. The average Bonchev–Trinajstić information content (AvgIpc) is 2.32. The molecule has 5 heteroatoms. The highest BCUT2D eigenvalue weighted by Gasteiger charge is 2.26. The lowest BCUT2D eigenvalue weighted by molar-refractivity contribution is 0.531. The SMILES string of the molecule is O=S(=O)(Cl)CC(Cl)C1CCCC1. The lowest BCUT2D eigenvalue weighted by Crippen LogP contribution is -2.19. The molecule has 12 heavy (non-hydrogen) atoms. The molecule has 1 aliphatic rings. The number of halogens is 2. The summed E-state index contributed by atoms with van der Waals surface area (Å²) >= 11 is 5.91. The predicted molar refractivity (Wildman–Crippen MR) is 51.2 cm³/mol. The summed E-state index contributed by atoms with van der Waals surface area (Å²) in [6.07, 6.45) is 4.41. The Morgan fingerprint density at radius 1 is 1.33 bits per heavy atom. The van der Waals surface area contributed by atoms with Crippen LogP contribution in [0.4, 0.5) is 0 Å². The van der Waals surface area contributed by atoms with E-state index in [9.17, 15) is 8.42 Å². The average molecular weight is 231 g/mol. The summed E-state index contributed by atoms with van der Waals surface area (Å²) in [6.45, 7) is 0. The normalized spacial score (nSPS) is 22.8.